The van der Waals surface area contributed by atoms with Crippen molar-refractivity contribution in [2.45, 2.75) is 31.7 Å². The summed E-state index contributed by atoms with van der Waals surface area (Å²) in [5.41, 5.74) is 3.13. The van der Waals surface area contributed by atoms with Crippen LogP contribution in [0.15, 0.2) is 60.1 Å². The highest BCUT2D eigenvalue weighted by molar-refractivity contribution is 7.10. The predicted octanol–water partition coefficient (Wildman–Crippen LogP) is 4.68. The zero-order chi connectivity index (χ0) is 24.0. The van der Waals surface area contributed by atoms with E-state index in [1.54, 1.807) is 17.4 Å². The minimum atomic E-state index is -4.42. The Balaban J connectivity index is 1.30. The van der Waals surface area contributed by atoms with E-state index in [4.69, 9.17) is 0 Å². The number of hydrogen-bond acceptors (Lipinski definition) is 5. The average molecular weight is 491 g/mol. The van der Waals surface area contributed by atoms with Crippen LogP contribution < -0.4 is 15.4 Å². The van der Waals surface area contributed by atoms with Crippen LogP contribution in [0.25, 0.3) is 0 Å². The van der Waals surface area contributed by atoms with Crippen LogP contribution in [0.3, 0.4) is 0 Å². The molecule has 1 aliphatic rings. The Labute approximate surface area is 199 Å². The minimum Gasteiger partial charge on any atom is -0.468 e. The quantitative estimate of drug-likeness (QED) is 0.481. The first kappa shape index (κ1) is 24.0. The van der Waals surface area contributed by atoms with Crippen LogP contribution in [-0.2, 0) is 19.5 Å². The van der Waals surface area contributed by atoms with Gasteiger partial charge in [0.15, 0.2) is 6.61 Å². The number of thiophene rings is 1. The lowest BCUT2D eigenvalue weighted by Gasteiger charge is -2.35. The predicted molar refractivity (Wildman–Crippen MR) is 124 cm³/mol. The van der Waals surface area contributed by atoms with Crippen LogP contribution in [-0.4, -0.2) is 41.8 Å². The molecule has 2 aromatic heterocycles. The maximum Gasteiger partial charge on any atom is 0.422 e. The topological polar surface area (TPSA) is 66.5 Å². The van der Waals surface area contributed by atoms with Crippen molar-refractivity contribution in [3.05, 3.63) is 81.7 Å². The molecule has 1 aliphatic heterocycles. The molecule has 0 saturated heterocycles. The van der Waals surface area contributed by atoms with Gasteiger partial charge < -0.3 is 15.4 Å². The summed E-state index contributed by atoms with van der Waals surface area (Å²) in [5.74, 6) is -0.119. The first-order valence-corrected chi connectivity index (χ1v) is 11.8. The summed E-state index contributed by atoms with van der Waals surface area (Å²) >= 11 is 1.79. The molecule has 180 valence electrons. The van der Waals surface area contributed by atoms with Gasteiger partial charge in [0.25, 0.3) is 0 Å². The van der Waals surface area contributed by atoms with Crippen molar-refractivity contribution in [2.24, 2.45) is 0 Å². The fourth-order valence-corrected chi connectivity index (χ4v) is 4.75. The fraction of sp³-hybridized carbons (Fsp3) is 0.333. The lowest BCUT2D eigenvalue weighted by molar-refractivity contribution is -0.154. The lowest BCUT2D eigenvalue weighted by Crippen LogP contribution is -2.43. The van der Waals surface area contributed by atoms with Crippen LogP contribution in [0.4, 0.5) is 18.0 Å². The monoisotopic (exact) mass is 490 g/mol. The highest BCUT2D eigenvalue weighted by Gasteiger charge is 2.28. The number of benzene rings is 1. The van der Waals surface area contributed by atoms with Gasteiger partial charge in [0.05, 0.1) is 6.04 Å². The van der Waals surface area contributed by atoms with Gasteiger partial charge in [0.2, 0.25) is 5.88 Å². The van der Waals surface area contributed by atoms with Gasteiger partial charge in [0, 0.05) is 43.3 Å². The first-order chi connectivity index (χ1) is 16.4. The second kappa shape index (κ2) is 10.9. The van der Waals surface area contributed by atoms with Crippen LogP contribution >= 0.6 is 11.3 Å². The lowest BCUT2D eigenvalue weighted by atomic mass is 10.0. The summed E-state index contributed by atoms with van der Waals surface area (Å²) in [6, 6.07) is 14.9. The molecule has 0 aliphatic carbocycles. The number of aromatic nitrogens is 1. The van der Waals surface area contributed by atoms with Crippen LogP contribution in [0.2, 0.25) is 0 Å². The van der Waals surface area contributed by atoms with E-state index in [0.29, 0.717) is 12.1 Å². The maximum atomic E-state index is 12.5. The summed E-state index contributed by atoms with van der Waals surface area (Å²) in [6.07, 6.45) is -2.04. The highest BCUT2D eigenvalue weighted by Crippen LogP contribution is 2.30. The van der Waals surface area contributed by atoms with Gasteiger partial charge in [-0.05, 0) is 34.6 Å². The van der Waals surface area contributed by atoms with E-state index in [1.165, 1.54) is 22.7 Å². The van der Waals surface area contributed by atoms with E-state index in [1.807, 2.05) is 18.2 Å². The van der Waals surface area contributed by atoms with Crippen molar-refractivity contribution in [3.8, 4) is 5.88 Å². The standard InChI is InChI=1S/C24H25F3N4O2S/c25-24(26,27)16-33-22-7-6-17(12-28-22)13-29-23(32)30-14-20(18-4-2-1-3-5-18)31-10-8-21-19(15-31)9-11-34-21/h1-7,9,11-12,20H,8,10,13-16H2,(H2,29,30,32). The molecule has 2 N–H and O–H groups in total. The van der Waals surface area contributed by atoms with Gasteiger partial charge in [-0.3, -0.25) is 4.90 Å². The van der Waals surface area contributed by atoms with E-state index >= 15 is 0 Å². The molecule has 4 rings (SSSR count). The van der Waals surface area contributed by atoms with E-state index < -0.39 is 12.8 Å². The van der Waals surface area contributed by atoms with E-state index in [9.17, 15) is 18.0 Å². The molecular weight excluding hydrogens is 465 g/mol. The summed E-state index contributed by atoms with van der Waals surface area (Å²) in [4.78, 5) is 20.1. The summed E-state index contributed by atoms with van der Waals surface area (Å²) in [7, 11) is 0. The van der Waals surface area contributed by atoms with Crippen molar-refractivity contribution in [1.29, 1.82) is 0 Å². The second-order valence-corrected chi connectivity index (χ2v) is 8.99. The number of pyridine rings is 1. The number of carbonyl (C=O) groups excluding carboxylic acids is 1. The van der Waals surface area contributed by atoms with Gasteiger partial charge >= 0.3 is 12.2 Å². The molecule has 0 saturated carbocycles. The number of hydrogen-bond donors (Lipinski definition) is 2. The zero-order valence-electron chi connectivity index (χ0n) is 18.3. The smallest absolute Gasteiger partial charge is 0.422 e. The summed E-state index contributed by atoms with van der Waals surface area (Å²) < 4.78 is 41.3. The normalized spacial score (nSPS) is 14.8. The van der Waals surface area contributed by atoms with Crippen molar-refractivity contribution < 1.29 is 22.7 Å². The number of urea groups is 1. The highest BCUT2D eigenvalue weighted by atomic mass is 32.1. The second-order valence-electron chi connectivity index (χ2n) is 7.99. The number of rotatable bonds is 8. The van der Waals surface area contributed by atoms with Crippen molar-refractivity contribution >= 4 is 17.4 Å². The molecule has 10 heteroatoms. The largest absolute Gasteiger partial charge is 0.468 e. The Kier molecular flexibility index (Phi) is 7.69. The molecule has 0 bridgehead atoms. The average Bonchev–Trinajstić information content (AvgIpc) is 3.30. The van der Waals surface area contributed by atoms with Crippen LogP contribution in [0.5, 0.6) is 5.88 Å². The molecule has 0 spiro atoms. The maximum absolute atomic E-state index is 12.5. The number of ether oxygens (including phenoxy) is 1. The van der Waals surface area contributed by atoms with Crippen molar-refractivity contribution in [2.75, 3.05) is 19.7 Å². The van der Waals surface area contributed by atoms with Crippen LogP contribution in [0, 0.1) is 0 Å². The van der Waals surface area contributed by atoms with E-state index in [2.05, 4.69) is 48.8 Å². The SMILES string of the molecule is O=C(NCc1ccc(OCC(F)(F)F)nc1)NCC(c1ccccc1)N1CCc2sccc2C1. The number of halogens is 3. The van der Waals surface area contributed by atoms with E-state index in [0.717, 1.165) is 25.1 Å². The number of amides is 2. The molecule has 6 nitrogen and oxygen atoms in total. The van der Waals surface area contributed by atoms with Crippen LogP contribution in [0.1, 0.15) is 27.6 Å². The molecule has 1 unspecified atom stereocenters. The Morgan fingerprint density at radius 1 is 1.15 bits per heavy atom. The fourth-order valence-electron chi connectivity index (χ4n) is 3.86. The molecule has 0 fully saturated rings. The molecule has 1 aromatic carbocycles. The molecule has 0 radical (unpaired) electrons. The van der Waals surface area contributed by atoms with Gasteiger partial charge in [-0.2, -0.15) is 13.2 Å². The van der Waals surface area contributed by atoms with Gasteiger partial charge in [0.1, 0.15) is 0 Å². The zero-order valence-corrected chi connectivity index (χ0v) is 19.2. The Morgan fingerprint density at radius 2 is 1.97 bits per heavy atom. The Hall–Kier alpha value is -3.11. The summed E-state index contributed by atoms with van der Waals surface area (Å²) in [6.45, 7) is 1.00. The number of alkyl halides is 3. The number of carbonyl (C=O) groups is 1. The molecule has 2 amide bonds. The third-order valence-corrected chi connectivity index (χ3v) is 6.58. The first-order valence-electron chi connectivity index (χ1n) is 10.9. The number of nitrogens with one attached hydrogen (secondary N) is 2. The Morgan fingerprint density at radius 3 is 2.71 bits per heavy atom. The summed E-state index contributed by atoms with van der Waals surface area (Å²) in [5, 5.41) is 7.85. The third kappa shape index (κ3) is 6.71. The number of fused-ring (bicyclic) bond motifs is 1. The Bertz CT molecular complexity index is 1070. The minimum absolute atomic E-state index is 0.0340. The van der Waals surface area contributed by atoms with Crippen molar-refractivity contribution in [1.82, 2.24) is 20.5 Å². The molecule has 3 heterocycles. The van der Waals surface area contributed by atoms with Gasteiger partial charge in [-0.15, -0.1) is 11.3 Å². The van der Waals surface area contributed by atoms with Crippen molar-refractivity contribution in [3.63, 3.8) is 0 Å². The van der Waals surface area contributed by atoms with Gasteiger partial charge in [-0.25, -0.2) is 9.78 Å². The third-order valence-electron chi connectivity index (χ3n) is 5.55. The molecule has 34 heavy (non-hydrogen) atoms. The molecule has 1 atom stereocenters. The number of nitrogens with zero attached hydrogens (tertiary/aromatic N) is 2. The molecular formula is C24H25F3N4O2S. The van der Waals surface area contributed by atoms with Gasteiger partial charge in [-0.1, -0.05) is 36.4 Å². The molecule has 3 aromatic rings. The van der Waals surface area contributed by atoms with E-state index in [-0.39, 0.29) is 24.5 Å².